The van der Waals surface area contributed by atoms with Gasteiger partial charge in [-0.1, -0.05) is 0 Å². The summed E-state index contributed by atoms with van der Waals surface area (Å²) in [5, 5.41) is 0. The fourth-order valence-corrected chi connectivity index (χ4v) is 2.06. The van der Waals surface area contributed by atoms with Crippen LogP contribution in [0.1, 0.15) is 24.6 Å². The molecular formula is C11H12IN5. The van der Waals surface area contributed by atoms with Crippen molar-refractivity contribution in [3.05, 3.63) is 21.8 Å². The van der Waals surface area contributed by atoms with Gasteiger partial charge in [-0.2, -0.15) is 0 Å². The van der Waals surface area contributed by atoms with E-state index in [1.807, 2.05) is 13.3 Å². The molecule has 0 atom stereocenters. The molecule has 17 heavy (non-hydrogen) atoms. The highest BCUT2D eigenvalue weighted by Gasteiger charge is 2.26. The van der Waals surface area contributed by atoms with E-state index >= 15 is 0 Å². The molecule has 0 saturated heterocycles. The molecule has 0 radical (unpaired) electrons. The number of nitrogens with two attached hydrogens (primary N) is 1. The van der Waals surface area contributed by atoms with Crippen molar-refractivity contribution in [1.29, 1.82) is 0 Å². The molecule has 0 unspecified atom stereocenters. The minimum Gasteiger partial charge on any atom is -0.383 e. The molecule has 0 amide bonds. The lowest BCUT2D eigenvalue weighted by atomic mass is 10.3. The number of anilines is 1. The van der Waals surface area contributed by atoms with Crippen molar-refractivity contribution in [1.82, 2.24) is 19.5 Å². The van der Waals surface area contributed by atoms with Crippen molar-refractivity contribution in [3.63, 3.8) is 0 Å². The van der Waals surface area contributed by atoms with Crippen molar-refractivity contribution >= 4 is 28.4 Å². The van der Waals surface area contributed by atoms with Crippen molar-refractivity contribution in [3.8, 4) is 11.5 Å². The van der Waals surface area contributed by atoms with Gasteiger partial charge in [0, 0.05) is 6.04 Å². The Kier molecular flexibility index (Phi) is 2.53. The first-order valence-corrected chi connectivity index (χ1v) is 6.56. The monoisotopic (exact) mass is 341 g/mol. The van der Waals surface area contributed by atoms with E-state index in [-0.39, 0.29) is 0 Å². The zero-order valence-electron chi connectivity index (χ0n) is 9.39. The molecule has 2 N–H and O–H groups in total. The summed E-state index contributed by atoms with van der Waals surface area (Å²) in [6.45, 7) is 1.95. The minimum absolute atomic E-state index is 0.539. The maximum atomic E-state index is 5.88. The minimum atomic E-state index is 0.539. The number of nitrogens with zero attached hydrogens (tertiary/aromatic N) is 4. The van der Waals surface area contributed by atoms with Gasteiger partial charge in [0.15, 0.2) is 5.82 Å². The maximum absolute atomic E-state index is 5.88. The van der Waals surface area contributed by atoms with Gasteiger partial charge in [0.2, 0.25) is 0 Å². The number of imidazole rings is 1. The molecule has 2 aromatic heterocycles. The van der Waals surface area contributed by atoms with E-state index in [0.29, 0.717) is 17.7 Å². The molecule has 1 fully saturated rings. The Morgan fingerprint density at radius 1 is 1.41 bits per heavy atom. The standard InChI is InChI=1S/C11H12IN5/c1-6-9(12)10(13)16-11(15-6)8-4-14-5-17(8)7-2-3-7/h4-5,7H,2-3H2,1H3,(H2,13,15,16). The van der Waals surface area contributed by atoms with Gasteiger partial charge in [-0.3, -0.25) is 0 Å². The molecule has 1 saturated carbocycles. The fourth-order valence-electron chi connectivity index (χ4n) is 1.82. The molecule has 5 nitrogen and oxygen atoms in total. The normalized spacial score (nSPS) is 15.2. The van der Waals surface area contributed by atoms with Crippen LogP contribution in [0.25, 0.3) is 11.5 Å². The summed E-state index contributed by atoms with van der Waals surface area (Å²) in [6.07, 6.45) is 6.07. The molecule has 88 valence electrons. The highest BCUT2D eigenvalue weighted by Crippen LogP contribution is 2.37. The van der Waals surface area contributed by atoms with Crippen LogP contribution in [0, 0.1) is 10.5 Å². The lowest BCUT2D eigenvalue weighted by molar-refractivity contribution is 0.742. The lowest BCUT2D eigenvalue weighted by Gasteiger charge is -2.08. The van der Waals surface area contributed by atoms with Crippen LogP contribution in [0.15, 0.2) is 12.5 Å². The molecular weight excluding hydrogens is 329 g/mol. The summed E-state index contributed by atoms with van der Waals surface area (Å²) in [5.41, 5.74) is 7.75. The predicted octanol–water partition coefficient (Wildman–Crippen LogP) is 2.17. The summed E-state index contributed by atoms with van der Waals surface area (Å²) in [7, 11) is 0. The number of hydrogen-bond acceptors (Lipinski definition) is 4. The average molecular weight is 341 g/mol. The van der Waals surface area contributed by atoms with Crippen LogP contribution in [0.3, 0.4) is 0 Å². The summed E-state index contributed by atoms with van der Waals surface area (Å²) in [4.78, 5) is 13.0. The third-order valence-electron chi connectivity index (χ3n) is 2.88. The van der Waals surface area contributed by atoms with E-state index in [1.165, 1.54) is 12.8 Å². The second-order valence-corrected chi connectivity index (χ2v) is 5.33. The van der Waals surface area contributed by atoms with Crippen LogP contribution in [-0.2, 0) is 0 Å². The van der Waals surface area contributed by atoms with Gasteiger partial charge >= 0.3 is 0 Å². The molecule has 0 spiro atoms. The molecule has 3 rings (SSSR count). The van der Waals surface area contributed by atoms with Crippen LogP contribution < -0.4 is 5.73 Å². The fraction of sp³-hybridized carbons (Fsp3) is 0.364. The Balaban J connectivity index is 2.11. The molecule has 2 aromatic rings. The number of rotatable bonds is 2. The Hall–Kier alpha value is -1.18. The van der Waals surface area contributed by atoms with Gasteiger partial charge in [-0.15, -0.1) is 0 Å². The molecule has 1 aliphatic rings. The van der Waals surface area contributed by atoms with Gasteiger partial charge in [-0.05, 0) is 42.4 Å². The third-order valence-corrected chi connectivity index (χ3v) is 4.21. The third kappa shape index (κ3) is 1.90. The number of hydrogen-bond donors (Lipinski definition) is 1. The Morgan fingerprint density at radius 2 is 2.18 bits per heavy atom. The molecule has 0 aromatic carbocycles. The van der Waals surface area contributed by atoms with Gasteiger partial charge in [0.1, 0.15) is 11.5 Å². The summed E-state index contributed by atoms with van der Waals surface area (Å²) >= 11 is 2.17. The lowest BCUT2D eigenvalue weighted by Crippen LogP contribution is -2.05. The highest BCUT2D eigenvalue weighted by molar-refractivity contribution is 14.1. The van der Waals surface area contributed by atoms with Crippen LogP contribution in [0.2, 0.25) is 0 Å². The number of nitrogen functional groups attached to an aromatic ring is 1. The van der Waals surface area contributed by atoms with Crippen LogP contribution >= 0.6 is 22.6 Å². The Morgan fingerprint density at radius 3 is 2.82 bits per heavy atom. The van der Waals surface area contributed by atoms with Crippen LogP contribution in [0.5, 0.6) is 0 Å². The first-order valence-electron chi connectivity index (χ1n) is 5.48. The number of aryl methyl sites for hydroxylation is 1. The van der Waals surface area contributed by atoms with Crippen molar-refractivity contribution in [2.45, 2.75) is 25.8 Å². The molecule has 0 aliphatic heterocycles. The van der Waals surface area contributed by atoms with Crippen molar-refractivity contribution in [2.75, 3.05) is 5.73 Å². The van der Waals surface area contributed by atoms with Crippen molar-refractivity contribution in [2.24, 2.45) is 0 Å². The smallest absolute Gasteiger partial charge is 0.180 e. The quantitative estimate of drug-likeness (QED) is 0.850. The summed E-state index contributed by atoms with van der Waals surface area (Å²) in [6, 6.07) is 0.567. The van der Waals surface area contributed by atoms with Gasteiger partial charge in [0.05, 0.1) is 21.8 Å². The average Bonchev–Trinajstić information content (AvgIpc) is 3.03. The van der Waals surface area contributed by atoms with Gasteiger partial charge < -0.3 is 10.3 Å². The van der Waals surface area contributed by atoms with E-state index in [1.54, 1.807) is 6.20 Å². The zero-order chi connectivity index (χ0) is 12.0. The van der Waals surface area contributed by atoms with E-state index in [2.05, 4.69) is 42.1 Å². The highest BCUT2D eigenvalue weighted by atomic mass is 127. The topological polar surface area (TPSA) is 69.6 Å². The van der Waals surface area contributed by atoms with Crippen molar-refractivity contribution < 1.29 is 0 Å². The SMILES string of the molecule is Cc1nc(-c2cncn2C2CC2)nc(N)c1I. The second kappa shape index (κ2) is 3.94. The summed E-state index contributed by atoms with van der Waals surface area (Å²) in [5.74, 6) is 1.21. The largest absolute Gasteiger partial charge is 0.383 e. The van der Waals surface area contributed by atoms with Gasteiger partial charge in [0.25, 0.3) is 0 Å². The van der Waals surface area contributed by atoms with Crippen LogP contribution in [0.4, 0.5) is 5.82 Å². The Bertz CT molecular complexity index is 550. The predicted molar refractivity (Wildman–Crippen MR) is 73.4 cm³/mol. The van der Waals surface area contributed by atoms with E-state index in [0.717, 1.165) is 15.0 Å². The van der Waals surface area contributed by atoms with E-state index in [4.69, 9.17) is 5.73 Å². The molecule has 6 heteroatoms. The first-order chi connectivity index (χ1) is 8.16. The number of halogens is 1. The molecule has 1 aliphatic carbocycles. The molecule has 0 bridgehead atoms. The Labute approximate surface area is 113 Å². The number of aromatic nitrogens is 4. The summed E-state index contributed by atoms with van der Waals surface area (Å²) < 4.78 is 3.06. The maximum Gasteiger partial charge on any atom is 0.180 e. The van der Waals surface area contributed by atoms with Crippen LogP contribution in [-0.4, -0.2) is 19.5 Å². The van der Waals surface area contributed by atoms with E-state index in [9.17, 15) is 0 Å². The first kappa shape index (κ1) is 10.9. The molecule has 2 heterocycles. The second-order valence-electron chi connectivity index (χ2n) is 4.25. The van der Waals surface area contributed by atoms with E-state index < -0.39 is 0 Å². The van der Waals surface area contributed by atoms with Gasteiger partial charge in [-0.25, -0.2) is 15.0 Å². The zero-order valence-corrected chi connectivity index (χ0v) is 11.5.